The van der Waals surface area contributed by atoms with E-state index in [9.17, 15) is 0 Å². The molecule has 16 heterocycles. The highest BCUT2D eigenvalue weighted by Gasteiger charge is 2.55. The first-order valence-corrected chi connectivity index (χ1v) is 50.1. The minimum atomic E-state index is -1.04. The maximum atomic E-state index is 6.17. The fraction of sp³-hybridized carbons (Fsp3) is 0.611. The molecule has 136 heavy (non-hydrogen) atoms. The highest BCUT2D eigenvalue weighted by atomic mass is 16.9. The van der Waals surface area contributed by atoms with Crippen molar-refractivity contribution in [1.82, 2.24) is 0 Å². The van der Waals surface area contributed by atoms with Gasteiger partial charge in [-0.3, -0.25) is 0 Å². The number of benzene rings is 7. The van der Waals surface area contributed by atoms with Crippen molar-refractivity contribution in [3.05, 3.63) is 209 Å². The van der Waals surface area contributed by atoms with Crippen LogP contribution in [0.3, 0.4) is 0 Å². The number of hydrogen-bond donors (Lipinski definition) is 0. The molecule has 16 atom stereocenters. The summed E-state index contributed by atoms with van der Waals surface area (Å²) < 4.78 is 162. The molecule has 15 saturated heterocycles. The lowest BCUT2D eigenvalue weighted by Gasteiger charge is -2.27. The van der Waals surface area contributed by atoms with Gasteiger partial charge in [0.05, 0.1) is 123 Å². The normalized spacial score (nSPS) is 33.6. The predicted molar refractivity (Wildman–Crippen MR) is 495 cm³/mol. The smallest absolute Gasteiger partial charge is 0.313 e. The lowest BCUT2D eigenvalue weighted by Crippen LogP contribution is -2.30. The maximum absolute atomic E-state index is 6.17. The van der Waals surface area contributed by atoms with E-state index in [4.69, 9.17) is 133 Å². The van der Waals surface area contributed by atoms with E-state index in [0.717, 1.165) is 182 Å². The molecule has 0 bridgehead atoms. The summed E-state index contributed by atoms with van der Waals surface area (Å²) in [6.07, 6.45) is 21.2. The first kappa shape index (κ1) is 97.4. The van der Waals surface area contributed by atoms with E-state index < -0.39 is 41.8 Å². The standard InChI is InChI=1S/C30H38O7.C22H26O4.C20H26O7.C17H16O4.C10H16O3.C9H16O3/c1-28(2,22-5-9-24(10-6-22)31-19-26-13-16-29(36-26)14-3-17-33-29)23-7-11-25(12-8-23)32-20-27-21-35-30(37-27)15-4-18-34-30;1-16(2)17-4-6-18(7-5-17)19-8-10-20(11-9-19)23-14-21-15-25-22(26-21)12-3-13-24-22;1-7-19(22-9-1)24-13-17(26-19)11-15-3-5-16(6-4-15)21-12-18-14-25-20(27-18)8-2-10-23-20;1-2-7-14(8-3-1)18-11-15-12-20-17(21-15)16-9-5-4-6-13(16)10-19-17;1-2-5-9-8(4-1)12-10(13-9)6-3-7-11-10;1-7(2)8-6-11-9(12-8)4-3-5-10-9/h5-12,26-27H,3-4,13-21H2,1-2H3;4-11,16,21H,3,12-15H2,1-2H3;3-6,17-18H,1-2,7-14H2;1-9,15H,10-12H2;8-9H,1-7H2;7-8H,3-6H2,1-2H3. The van der Waals surface area contributed by atoms with Gasteiger partial charge in [-0.25, -0.2) is 0 Å². The van der Waals surface area contributed by atoms with Crippen LogP contribution < -0.4 is 23.7 Å². The van der Waals surface area contributed by atoms with E-state index in [-0.39, 0.29) is 53.9 Å². The van der Waals surface area contributed by atoms with Crippen molar-refractivity contribution in [2.45, 2.75) is 297 Å². The Labute approximate surface area is 799 Å². The Kier molecular flexibility index (Phi) is 31.5. The van der Waals surface area contributed by atoms with E-state index in [1.807, 2.05) is 91.0 Å². The molecule has 8 spiro atoms. The lowest BCUT2D eigenvalue weighted by atomic mass is 9.78. The van der Waals surface area contributed by atoms with Crippen LogP contribution in [-0.4, -0.2) is 215 Å². The van der Waals surface area contributed by atoms with Crippen LogP contribution in [0.15, 0.2) is 176 Å². The van der Waals surface area contributed by atoms with E-state index in [2.05, 4.69) is 126 Å². The fourth-order valence-electron chi connectivity index (χ4n) is 20.1. The monoisotopic (exact) mass is 1880 g/mol. The van der Waals surface area contributed by atoms with Gasteiger partial charge in [-0.1, -0.05) is 170 Å². The molecule has 24 rings (SSSR count). The third-order valence-corrected chi connectivity index (χ3v) is 28.0. The summed E-state index contributed by atoms with van der Waals surface area (Å²) in [5.41, 5.74) is 9.30. The summed E-state index contributed by atoms with van der Waals surface area (Å²) >= 11 is 0. The first-order valence-electron chi connectivity index (χ1n) is 50.1. The molecule has 16 aliphatic heterocycles. The van der Waals surface area contributed by atoms with Gasteiger partial charge in [0.25, 0.3) is 35.8 Å². The Hall–Kier alpha value is -7.38. The number of hydrogen-bond acceptors (Lipinski definition) is 28. The van der Waals surface area contributed by atoms with Gasteiger partial charge in [0.2, 0.25) is 0 Å². The quantitative estimate of drug-likeness (QED) is 0.0611. The van der Waals surface area contributed by atoms with Crippen molar-refractivity contribution in [2.75, 3.05) is 119 Å². The third kappa shape index (κ3) is 24.2. The average molecular weight is 1880 g/mol. The second-order valence-corrected chi connectivity index (χ2v) is 39.2. The van der Waals surface area contributed by atoms with Crippen LogP contribution in [0.4, 0.5) is 0 Å². The summed E-state index contributed by atoms with van der Waals surface area (Å²) in [6.45, 7) is 24.4. The second kappa shape index (κ2) is 44.0. The predicted octanol–water partition coefficient (Wildman–Crippen LogP) is 18.6. The van der Waals surface area contributed by atoms with Crippen molar-refractivity contribution in [1.29, 1.82) is 0 Å². The molecule has 0 N–H and O–H groups in total. The molecule has 1 aliphatic carbocycles. The Morgan fingerprint density at radius 3 is 1.15 bits per heavy atom. The largest absolute Gasteiger partial charge is 0.491 e. The van der Waals surface area contributed by atoms with E-state index >= 15 is 0 Å². The van der Waals surface area contributed by atoms with Crippen molar-refractivity contribution >= 4 is 0 Å². The third-order valence-electron chi connectivity index (χ3n) is 28.0. The van der Waals surface area contributed by atoms with Crippen LogP contribution in [0, 0.1) is 5.92 Å². The van der Waals surface area contributed by atoms with E-state index in [1.165, 1.54) is 46.2 Å². The van der Waals surface area contributed by atoms with Crippen LogP contribution in [0.25, 0.3) is 11.1 Å². The van der Waals surface area contributed by atoms with Gasteiger partial charge in [0.15, 0.2) is 5.79 Å². The zero-order valence-electron chi connectivity index (χ0n) is 79.8. The van der Waals surface area contributed by atoms with Gasteiger partial charge in [0, 0.05) is 68.8 Å². The SMILES string of the molecule is C1CCC2OC3(CCCO3)OC2C1.CC(C)(c1ccc(OCC2CCC3(CCCO3)O2)cc1)c1ccc(OCC2COC3(CCCO3)O2)cc1.CC(C)C1COC2(CCCO2)O1.CC(C)c1ccc(-c2ccc(OCC3COC4(CCCO4)O3)cc2)cc1.c1cc(OCC2COC3(CCCO3)O2)ccc1CC1COC2(CCCO2)O1.c1ccc(OCC2COC3(OCc4ccccc43)O2)cc1. The van der Waals surface area contributed by atoms with Gasteiger partial charge in [0.1, 0.15) is 86.2 Å². The molecule has 28 nitrogen and oxygen atoms in total. The Bertz CT molecular complexity index is 4740. The Morgan fingerprint density at radius 1 is 0.309 bits per heavy atom. The molecule has 0 amide bonds. The molecule has 0 aromatic heterocycles. The van der Waals surface area contributed by atoms with Crippen LogP contribution in [0.1, 0.15) is 209 Å². The van der Waals surface area contributed by atoms with Crippen molar-refractivity contribution in [3.8, 4) is 39.9 Å². The van der Waals surface area contributed by atoms with Crippen LogP contribution in [-0.2, 0) is 133 Å². The molecule has 7 aromatic rings. The lowest BCUT2D eigenvalue weighted by molar-refractivity contribution is -0.342. The number of para-hydroxylation sites is 1. The minimum Gasteiger partial charge on any atom is -0.491 e. The molecule has 17 aliphatic rings. The zero-order chi connectivity index (χ0) is 92.9. The Morgan fingerprint density at radius 2 is 0.699 bits per heavy atom. The minimum absolute atomic E-state index is 0.0292. The summed E-state index contributed by atoms with van der Waals surface area (Å²) in [4.78, 5) is 0. The second-order valence-electron chi connectivity index (χ2n) is 39.2. The van der Waals surface area contributed by atoms with Gasteiger partial charge < -0.3 is 133 Å². The molecule has 0 radical (unpaired) electrons. The number of ether oxygens (including phenoxy) is 28. The van der Waals surface area contributed by atoms with Crippen molar-refractivity contribution in [2.24, 2.45) is 5.92 Å². The maximum Gasteiger partial charge on any atom is 0.313 e. The molecule has 738 valence electrons. The summed E-state index contributed by atoms with van der Waals surface area (Å²) in [5, 5.41) is 0. The molecular formula is C108H138O28. The van der Waals surface area contributed by atoms with Crippen LogP contribution >= 0.6 is 0 Å². The van der Waals surface area contributed by atoms with Crippen LogP contribution in [0.5, 0.6) is 28.7 Å². The molecular weight excluding hydrogens is 1750 g/mol. The first-order chi connectivity index (χ1) is 66.3. The number of fused-ring (bicyclic) bond motifs is 3. The van der Waals surface area contributed by atoms with Gasteiger partial charge >= 0.3 is 5.97 Å². The van der Waals surface area contributed by atoms with Crippen LogP contribution in [0.2, 0.25) is 0 Å². The fourth-order valence-corrected chi connectivity index (χ4v) is 20.1. The zero-order valence-corrected chi connectivity index (χ0v) is 79.8. The highest BCUT2D eigenvalue weighted by molar-refractivity contribution is 5.64. The summed E-state index contributed by atoms with van der Waals surface area (Å²) in [6, 6.07) is 59.4. The van der Waals surface area contributed by atoms with E-state index in [1.54, 1.807) is 0 Å². The van der Waals surface area contributed by atoms with E-state index in [0.29, 0.717) is 130 Å². The molecule has 7 aromatic carbocycles. The molecule has 16 fully saturated rings. The van der Waals surface area contributed by atoms with Gasteiger partial charge in [-0.05, 0) is 176 Å². The number of rotatable bonds is 22. The molecule has 16 unspecified atom stereocenters. The topological polar surface area (TPSA) is 258 Å². The summed E-state index contributed by atoms with van der Waals surface area (Å²) in [5.74, 6) is -0.677. The highest BCUT2D eigenvalue weighted by Crippen LogP contribution is 2.48. The van der Waals surface area contributed by atoms with Crippen molar-refractivity contribution in [3.63, 3.8) is 0 Å². The van der Waals surface area contributed by atoms with Gasteiger partial charge in [-0.15, -0.1) is 0 Å². The molecule has 1 saturated carbocycles. The van der Waals surface area contributed by atoms with Crippen molar-refractivity contribution < 1.29 is 133 Å². The average Bonchev–Trinajstić information content (AvgIpc) is 1.60. The molecule has 28 heteroatoms. The Balaban J connectivity index is 0.000000108. The van der Waals surface area contributed by atoms with Gasteiger partial charge in [-0.2, -0.15) is 0 Å². The summed E-state index contributed by atoms with van der Waals surface area (Å²) in [7, 11) is 0.